The molecule has 0 amide bonds. The monoisotopic (exact) mass is 371 g/mol. The normalized spacial score (nSPS) is 22.7. The molecular formula is C19H41N5O2. The molecule has 2 unspecified atom stereocenters. The van der Waals surface area contributed by atoms with E-state index in [0.29, 0.717) is 0 Å². The molecule has 0 saturated carbocycles. The smallest absolute Gasteiger partial charge is 0.191 e. The zero-order chi connectivity index (χ0) is 19.6. The predicted molar refractivity (Wildman–Crippen MR) is 109 cm³/mol. The minimum atomic E-state index is 0.0425. The minimum Gasteiger partial charge on any atom is -0.385 e. The van der Waals surface area contributed by atoms with Gasteiger partial charge in [-0.05, 0) is 41.2 Å². The number of nitrogens with zero attached hydrogens (tertiary/aromatic N) is 3. The van der Waals surface area contributed by atoms with Crippen LogP contribution in [0, 0.1) is 0 Å². The van der Waals surface area contributed by atoms with Crippen LogP contribution in [-0.2, 0) is 9.47 Å². The van der Waals surface area contributed by atoms with Gasteiger partial charge in [0.15, 0.2) is 5.96 Å². The lowest BCUT2D eigenvalue weighted by atomic mass is 10.00. The Morgan fingerprint density at radius 1 is 1.23 bits per heavy atom. The highest BCUT2D eigenvalue weighted by molar-refractivity contribution is 5.79. The van der Waals surface area contributed by atoms with Gasteiger partial charge in [-0.1, -0.05) is 0 Å². The Bertz CT molecular complexity index is 407. The van der Waals surface area contributed by atoms with Gasteiger partial charge >= 0.3 is 0 Å². The Labute approximate surface area is 160 Å². The molecule has 0 aliphatic carbocycles. The molecule has 7 nitrogen and oxygen atoms in total. The van der Waals surface area contributed by atoms with E-state index in [0.717, 1.165) is 58.3 Å². The van der Waals surface area contributed by atoms with Crippen LogP contribution in [0.3, 0.4) is 0 Å². The fraction of sp³-hybridized carbons (Fsp3) is 0.947. The van der Waals surface area contributed by atoms with Crippen molar-refractivity contribution in [3.05, 3.63) is 0 Å². The standard InChI is InChI=1S/C19H41N5O2/c1-16-13-24(14-17(2)26-16)19(3,4)15-22-18(20-5)21-9-11-23(6)10-8-12-25-7/h16-17H,8-15H2,1-7H3,(H2,20,21,22). The molecule has 0 bridgehead atoms. The van der Waals surface area contributed by atoms with Crippen molar-refractivity contribution in [3.8, 4) is 0 Å². The second-order valence-electron chi connectivity index (χ2n) is 7.98. The van der Waals surface area contributed by atoms with Crippen molar-refractivity contribution in [1.82, 2.24) is 20.4 Å². The number of hydrogen-bond donors (Lipinski definition) is 2. The van der Waals surface area contributed by atoms with Crippen molar-refractivity contribution < 1.29 is 9.47 Å². The summed E-state index contributed by atoms with van der Waals surface area (Å²) in [5, 5.41) is 6.89. The van der Waals surface area contributed by atoms with Crippen LogP contribution in [-0.4, -0.2) is 101 Å². The van der Waals surface area contributed by atoms with Gasteiger partial charge in [0, 0.05) is 65.6 Å². The highest BCUT2D eigenvalue weighted by Crippen LogP contribution is 2.20. The number of guanidine groups is 1. The molecule has 1 saturated heterocycles. The Morgan fingerprint density at radius 2 is 1.88 bits per heavy atom. The summed E-state index contributed by atoms with van der Waals surface area (Å²) in [6.45, 7) is 15.3. The van der Waals surface area contributed by atoms with Crippen molar-refractivity contribution >= 4 is 5.96 Å². The number of morpholine rings is 1. The van der Waals surface area contributed by atoms with E-state index in [2.05, 4.69) is 60.2 Å². The van der Waals surface area contributed by atoms with E-state index < -0.39 is 0 Å². The summed E-state index contributed by atoms with van der Waals surface area (Å²) in [4.78, 5) is 9.17. The van der Waals surface area contributed by atoms with E-state index in [1.807, 2.05) is 7.05 Å². The number of ether oxygens (including phenoxy) is 2. The average Bonchev–Trinajstić information content (AvgIpc) is 2.57. The maximum Gasteiger partial charge on any atom is 0.191 e. The lowest BCUT2D eigenvalue weighted by Gasteiger charge is -2.45. The van der Waals surface area contributed by atoms with Crippen molar-refractivity contribution in [1.29, 1.82) is 0 Å². The predicted octanol–water partition coefficient (Wildman–Crippen LogP) is 1.01. The molecule has 0 aromatic carbocycles. The van der Waals surface area contributed by atoms with E-state index in [4.69, 9.17) is 9.47 Å². The molecule has 7 heteroatoms. The molecule has 1 heterocycles. The van der Waals surface area contributed by atoms with Gasteiger partial charge in [-0.3, -0.25) is 9.89 Å². The summed E-state index contributed by atoms with van der Waals surface area (Å²) in [5.74, 6) is 0.859. The van der Waals surface area contributed by atoms with E-state index >= 15 is 0 Å². The lowest BCUT2D eigenvalue weighted by Crippen LogP contribution is -2.59. The summed E-state index contributed by atoms with van der Waals surface area (Å²) >= 11 is 0. The van der Waals surface area contributed by atoms with Gasteiger partial charge in [0.2, 0.25) is 0 Å². The zero-order valence-corrected chi connectivity index (χ0v) is 18.0. The Morgan fingerprint density at radius 3 is 2.46 bits per heavy atom. The third-order valence-electron chi connectivity index (χ3n) is 4.86. The molecule has 2 atom stereocenters. The summed E-state index contributed by atoms with van der Waals surface area (Å²) < 4.78 is 11.0. The largest absolute Gasteiger partial charge is 0.385 e. The molecule has 1 aliphatic rings. The molecule has 26 heavy (non-hydrogen) atoms. The van der Waals surface area contributed by atoms with Crippen molar-refractivity contribution in [3.63, 3.8) is 0 Å². The van der Waals surface area contributed by atoms with Gasteiger partial charge < -0.3 is 25.0 Å². The van der Waals surface area contributed by atoms with Crippen LogP contribution in [0.5, 0.6) is 0 Å². The number of methoxy groups -OCH3 is 1. The SMILES string of the molecule is CN=C(NCCN(C)CCCOC)NCC(C)(C)N1CC(C)OC(C)C1. The molecule has 1 aliphatic heterocycles. The molecule has 154 valence electrons. The first-order valence-corrected chi connectivity index (χ1v) is 9.81. The quantitative estimate of drug-likeness (QED) is 0.340. The number of aliphatic imine (C=N–C) groups is 1. The van der Waals surface area contributed by atoms with Crippen LogP contribution >= 0.6 is 0 Å². The number of likely N-dealkylation sites (N-methyl/N-ethyl adjacent to an activating group) is 1. The average molecular weight is 372 g/mol. The van der Waals surface area contributed by atoms with E-state index in [1.165, 1.54) is 0 Å². The van der Waals surface area contributed by atoms with E-state index in [9.17, 15) is 0 Å². The highest BCUT2D eigenvalue weighted by Gasteiger charge is 2.33. The van der Waals surface area contributed by atoms with Crippen LogP contribution in [0.2, 0.25) is 0 Å². The van der Waals surface area contributed by atoms with E-state index in [-0.39, 0.29) is 17.7 Å². The van der Waals surface area contributed by atoms with Gasteiger partial charge in [0.25, 0.3) is 0 Å². The zero-order valence-electron chi connectivity index (χ0n) is 18.0. The van der Waals surface area contributed by atoms with Crippen LogP contribution in [0.25, 0.3) is 0 Å². The number of hydrogen-bond acceptors (Lipinski definition) is 5. The molecule has 1 fully saturated rings. The van der Waals surface area contributed by atoms with E-state index in [1.54, 1.807) is 7.11 Å². The maximum atomic E-state index is 5.86. The van der Waals surface area contributed by atoms with Crippen molar-refractivity contribution in [2.75, 3.05) is 67.1 Å². The third kappa shape index (κ3) is 8.66. The molecule has 0 aromatic rings. The topological polar surface area (TPSA) is 61.4 Å². The summed E-state index contributed by atoms with van der Waals surface area (Å²) in [6, 6.07) is 0. The van der Waals surface area contributed by atoms with Gasteiger partial charge in [-0.25, -0.2) is 0 Å². The maximum absolute atomic E-state index is 5.86. The van der Waals surface area contributed by atoms with Gasteiger partial charge in [-0.2, -0.15) is 0 Å². The molecule has 0 spiro atoms. The van der Waals surface area contributed by atoms with Crippen molar-refractivity contribution in [2.45, 2.75) is 51.9 Å². The summed E-state index contributed by atoms with van der Waals surface area (Å²) in [5.41, 5.74) is 0.0425. The Kier molecular flexibility index (Phi) is 10.5. The van der Waals surface area contributed by atoms with Crippen LogP contribution in [0.1, 0.15) is 34.1 Å². The Balaban J connectivity index is 2.34. The summed E-state index contributed by atoms with van der Waals surface area (Å²) in [7, 11) is 5.71. The van der Waals surface area contributed by atoms with Gasteiger partial charge in [0.1, 0.15) is 0 Å². The van der Waals surface area contributed by atoms with Crippen LogP contribution in [0.4, 0.5) is 0 Å². The number of nitrogens with one attached hydrogen (secondary N) is 2. The first-order valence-electron chi connectivity index (χ1n) is 9.81. The second kappa shape index (κ2) is 11.7. The molecule has 0 radical (unpaired) electrons. The lowest BCUT2D eigenvalue weighted by molar-refractivity contribution is -0.0946. The fourth-order valence-corrected chi connectivity index (χ4v) is 3.26. The van der Waals surface area contributed by atoms with Crippen LogP contribution in [0.15, 0.2) is 4.99 Å². The van der Waals surface area contributed by atoms with Gasteiger partial charge in [-0.15, -0.1) is 0 Å². The Hall–Kier alpha value is -0.890. The highest BCUT2D eigenvalue weighted by atomic mass is 16.5. The van der Waals surface area contributed by atoms with Gasteiger partial charge in [0.05, 0.1) is 12.2 Å². The van der Waals surface area contributed by atoms with Crippen molar-refractivity contribution in [2.24, 2.45) is 4.99 Å². The molecule has 2 N–H and O–H groups in total. The first kappa shape index (κ1) is 23.1. The number of rotatable bonds is 10. The first-order chi connectivity index (χ1) is 12.3. The second-order valence-corrected chi connectivity index (χ2v) is 7.98. The molecular weight excluding hydrogens is 330 g/mol. The van der Waals surface area contributed by atoms with Crippen LogP contribution < -0.4 is 10.6 Å². The fourth-order valence-electron chi connectivity index (χ4n) is 3.26. The molecule has 1 rings (SSSR count). The summed E-state index contributed by atoms with van der Waals surface area (Å²) in [6.07, 6.45) is 1.62. The minimum absolute atomic E-state index is 0.0425. The third-order valence-corrected chi connectivity index (χ3v) is 4.86. The molecule has 0 aromatic heterocycles.